The largest absolute Gasteiger partial charge is 0.361 e. The molecular formula is C22H26N5O3+. The van der Waals surface area contributed by atoms with Crippen molar-refractivity contribution < 1.29 is 14.6 Å². The summed E-state index contributed by atoms with van der Waals surface area (Å²) in [5.74, 6) is 0.0774. The second-order valence-corrected chi connectivity index (χ2v) is 7.65. The maximum Gasteiger partial charge on any atom is 0.275 e. The van der Waals surface area contributed by atoms with Gasteiger partial charge in [0.15, 0.2) is 6.54 Å². The van der Waals surface area contributed by atoms with Gasteiger partial charge in [-0.3, -0.25) is 14.9 Å². The number of fused-ring (bicyclic) bond motifs is 1. The molecule has 1 saturated heterocycles. The first-order valence-corrected chi connectivity index (χ1v) is 10.2. The molecule has 0 spiro atoms. The lowest BCUT2D eigenvalue weighted by atomic mass is 10.1. The highest BCUT2D eigenvalue weighted by Gasteiger charge is 2.22. The van der Waals surface area contributed by atoms with Crippen molar-refractivity contribution in [1.82, 2.24) is 10.3 Å². The molecule has 3 N–H and O–H groups in total. The van der Waals surface area contributed by atoms with Crippen LogP contribution < -0.4 is 15.1 Å². The van der Waals surface area contributed by atoms with Gasteiger partial charge >= 0.3 is 0 Å². The first kappa shape index (κ1) is 19.9. The molecule has 2 aromatic carbocycles. The number of carbonyl (C=O) groups is 1. The van der Waals surface area contributed by atoms with E-state index in [1.807, 2.05) is 18.3 Å². The van der Waals surface area contributed by atoms with Gasteiger partial charge in [0, 0.05) is 41.5 Å². The van der Waals surface area contributed by atoms with Crippen LogP contribution in [0.4, 0.5) is 11.4 Å². The molecule has 1 aromatic heterocycles. The van der Waals surface area contributed by atoms with Crippen LogP contribution >= 0.6 is 0 Å². The average Bonchev–Trinajstić information content (AvgIpc) is 3.17. The standard InChI is InChI=1S/C22H25N5O3/c28-22(23-10-9-17-15-24-21-4-2-1-3-20(17)21)16-25-11-13-26(14-12-25)18-5-7-19(8-6-18)27(29)30/h1-8,15,24H,9-14,16H2,(H,23,28)/p+1. The van der Waals surface area contributed by atoms with E-state index < -0.39 is 0 Å². The topological polar surface area (TPSA) is 95.7 Å². The summed E-state index contributed by atoms with van der Waals surface area (Å²) in [4.78, 5) is 29.5. The number of nitro benzene ring substituents is 1. The third kappa shape index (κ3) is 4.60. The van der Waals surface area contributed by atoms with Gasteiger partial charge in [-0.1, -0.05) is 18.2 Å². The summed E-state index contributed by atoms with van der Waals surface area (Å²) in [7, 11) is 0. The number of para-hydroxylation sites is 1. The zero-order valence-corrected chi connectivity index (χ0v) is 16.8. The Kier molecular flexibility index (Phi) is 5.94. The number of rotatable bonds is 7. The quantitative estimate of drug-likeness (QED) is 0.404. The molecule has 1 fully saturated rings. The highest BCUT2D eigenvalue weighted by molar-refractivity contribution is 5.83. The number of carbonyl (C=O) groups excluding carboxylic acids is 1. The molecule has 0 saturated carbocycles. The first-order valence-electron chi connectivity index (χ1n) is 10.2. The molecule has 0 radical (unpaired) electrons. The second-order valence-electron chi connectivity index (χ2n) is 7.65. The zero-order valence-electron chi connectivity index (χ0n) is 16.8. The molecule has 3 aromatic rings. The van der Waals surface area contributed by atoms with Crippen molar-refractivity contribution in [3.05, 3.63) is 70.4 Å². The number of amides is 1. The van der Waals surface area contributed by atoms with Gasteiger partial charge in [0.05, 0.1) is 31.1 Å². The molecule has 0 bridgehead atoms. The van der Waals surface area contributed by atoms with Crippen molar-refractivity contribution in [3.63, 3.8) is 0 Å². The van der Waals surface area contributed by atoms with E-state index in [9.17, 15) is 14.9 Å². The van der Waals surface area contributed by atoms with Crippen molar-refractivity contribution >= 4 is 28.2 Å². The molecule has 4 rings (SSSR count). The van der Waals surface area contributed by atoms with E-state index in [-0.39, 0.29) is 16.5 Å². The number of nitro groups is 1. The molecule has 156 valence electrons. The van der Waals surface area contributed by atoms with Crippen molar-refractivity contribution in [2.75, 3.05) is 44.2 Å². The minimum atomic E-state index is -0.386. The van der Waals surface area contributed by atoms with Gasteiger partial charge in [-0.05, 0) is 30.2 Å². The van der Waals surface area contributed by atoms with Crippen LogP contribution in [0.2, 0.25) is 0 Å². The van der Waals surface area contributed by atoms with Gasteiger partial charge in [-0.2, -0.15) is 0 Å². The Balaban J connectivity index is 1.20. The second kappa shape index (κ2) is 8.96. The first-order chi connectivity index (χ1) is 14.6. The highest BCUT2D eigenvalue weighted by Crippen LogP contribution is 2.19. The van der Waals surface area contributed by atoms with E-state index in [1.165, 1.54) is 28.0 Å². The predicted molar refractivity (Wildman–Crippen MR) is 116 cm³/mol. The van der Waals surface area contributed by atoms with Crippen LogP contribution in [0.15, 0.2) is 54.7 Å². The number of benzene rings is 2. The normalized spacial score (nSPS) is 14.7. The van der Waals surface area contributed by atoms with Crippen molar-refractivity contribution in [2.24, 2.45) is 0 Å². The summed E-state index contributed by atoms with van der Waals surface area (Å²) >= 11 is 0. The van der Waals surface area contributed by atoms with E-state index in [1.54, 1.807) is 12.1 Å². The number of hydrogen-bond donors (Lipinski definition) is 3. The summed E-state index contributed by atoms with van der Waals surface area (Å²) in [5, 5.41) is 15.0. The number of quaternary nitrogens is 1. The maximum atomic E-state index is 12.3. The molecule has 0 aliphatic carbocycles. The lowest BCUT2D eigenvalue weighted by molar-refractivity contribution is -0.892. The number of anilines is 1. The van der Waals surface area contributed by atoms with Crippen LogP contribution in [-0.2, 0) is 11.2 Å². The van der Waals surface area contributed by atoms with E-state index in [4.69, 9.17) is 0 Å². The van der Waals surface area contributed by atoms with Crippen LogP contribution in [0.5, 0.6) is 0 Å². The van der Waals surface area contributed by atoms with E-state index >= 15 is 0 Å². The Morgan fingerprint density at radius 2 is 1.87 bits per heavy atom. The Morgan fingerprint density at radius 1 is 1.13 bits per heavy atom. The predicted octanol–water partition coefficient (Wildman–Crippen LogP) is 1.14. The van der Waals surface area contributed by atoms with Gasteiger partial charge in [-0.15, -0.1) is 0 Å². The Bertz CT molecular complexity index is 1020. The molecule has 1 aliphatic heterocycles. The Labute approximate surface area is 174 Å². The molecule has 1 amide bonds. The molecule has 0 unspecified atom stereocenters. The summed E-state index contributed by atoms with van der Waals surface area (Å²) in [6, 6.07) is 14.8. The molecule has 30 heavy (non-hydrogen) atoms. The summed E-state index contributed by atoms with van der Waals surface area (Å²) in [6.07, 6.45) is 2.82. The van der Waals surface area contributed by atoms with E-state index in [0.29, 0.717) is 13.1 Å². The minimum Gasteiger partial charge on any atom is -0.361 e. The van der Waals surface area contributed by atoms with Crippen LogP contribution in [0.1, 0.15) is 5.56 Å². The maximum absolute atomic E-state index is 12.3. The summed E-state index contributed by atoms with van der Waals surface area (Å²) in [5.41, 5.74) is 3.43. The third-order valence-corrected chi connectivity index (χ3v) is 5.70. The van der Waals surface area contributed by atoms with Gasteiger partial charge in [0.25, 0.3) is 11.6 Å². The minimum absolute atomic E-state index is 0.0774. The Hall–Kier alpha value is -3.39. The van der Waals surface area contributed by atoms with Gasteiger partial charge in [0.1, 0.15) is 0 Å². The van der Waals surface area contributed by atoms with Crippen LogP contribution in [-0.4, -0.2) is 55.1 Å². The van der Waals surface area contributed by atoms with Crippen LogP contribution in [0.25, 0.3) is 10.9 Å². The van der Waals surface area contributed by atoms with Crippen LogP contribution in [0, 0.1) is 10.1 Å². The Morgan fingerprint density at radius 3 is 2.60 bits per heavy atom. The summed E-state index contributed by atoms with van der Waals surface area (Å²) in [6.45, 7) is 4.50. The fourth-order valence-electron chi connectivity index (χ4n) is 4.01. The fourth-order valence-corrected chi connectivity index (χ4v) is 4.01. The lowest BCUT2D eigenvalue weighted by Crippen LogP contribution is -3.16. The molecule has 1 aliphatic rings. The van der Waals surface area contributed by atoms with Crippen molar-refractivity contribution in [3.8, 4) is 0 Å². The number of aromatic amines is 1. The van der Waals surface area contributed by atoms with E-state index in [0.717, 1.165) is 43.8 Å². The van der Waals surface area contributed by atoms with Crippen LogP contribution in [0.3, 0.4) is 0 Å². The van der Waals surface area contributed by atoms with E-state index in [2.05, 4.69) is 27.3 Å². The number of H-pyrrole nitrogens is 1. The molecular weight excluding hydrogens is 382 g/mol. The molecule has 0 atom stereocenters. The molecule has 8 heteroatoms. The number of nitrogens with zero attached hydrogens (tertiary/aromatic N) is 2. The van der Waals surface area contributed by atoms with Gasteiger partial charge < -0.3 is 20.1 Å². The molecule has 8 nitrogen and oxygen atoms in total. The van der Waals surface area contributed by atoms with Gasteiger partial charge in [-0.25, -0.2) is 0 Å². The monoisotopic (exact) mass is 408 g/mol. The van der Waals surface area contributed by atoms with Crippen molar-refractivity contribution in [2.45, 2.75) is 6.42 Å². The number of piperazine rings is 1. The van der Waals surface area contributed by atoms with Gasteiger partial charge in [0.2, 0.25) is 0 Å². The number of hydrogen-bond acceptors (Lipinski definition) is 4. The SMILES string of the molecule is O=C(C[NH+]1CCN(c2ccc([N+](=O)[O-])cc2)CC1)NCCc1c[nH]c2ccccc12. The number of non-ortho nitro benzene ring substituents is 1. The highest BCUT2D eigenvalue weighted by atomic mass is 16.6. The number of aromatic nitrogens is 1. The number of nitrogens with one attached hydrogen (secondary N) is 3. The lowest BCUT2D eigenvalue weighted by Gasteiger charge is -2.33. The summed E-state index contributed by atoms with van der Waals surface area (Å²) < 4.78 is 0. The third-order valence-electron chi connectivity index (χ3n) is 5.70. The molecule has 2 heterocycles. The average molecular weight is 408 g/mol. The fraction of sp³-hybridized carbons (Fsp3) is 0.318. The smallest absolute Gasteiger partial charge is 0.275 e. The van der Waals surface area contributed by atoms with Crippen molar-refractivity contribution in [1.29, 1.82) is 0 Å². The zero-order chi connectivity index (χ0) is 20.9.